The number of carbonyl (C=O) groups is 1. The van der Waals surface area contributed by atoms with Gasteiger partial charge in [0.15, 0.2) is 0 Å². The summed E-state index contributed by atoms with van der Waals surface area (Å²) in [5.74, 6) is -0.201. The Morgan fingerprint density at radius 2 is 2.00 bits per heavy atom. The van der Waals surface area contributed by atoms with Crippen LogP contribution in [0, 0.1) is 5.92 Å². The molecule has 0 saturated carbocycles. The first-order valence-electron chi connectivity index (χ1n) is 6.41. The Hall–Kier alpha value is -1.31. The van der Waals surface area contributed by atoms with Gasteiger partial charge in [0.05, 0.1) is 6.42 Å². The molecule has 1 atom stereocenters. The van der Waals surface area contributed by atoms with Crippen molar-refractivity contribution in [3.8, 4) is 0 Å². The lowest BCUT2D eigenvalue weighted by atomic mass is 9.84. The van der Waals surface area contributed by atoms with E-state index in [1.807, 2.05) is 0 Å². The van der Waals surface area contributed by atoms with Gasteiger partial charge in [0, 0.05) is 0 Å². The zero-order valence-corrected chi connectivity index (χ0v) is 10.6. The first-order valence-corrected chi connectivity index (χ1v) is 6.41. The van der Waals surface area contributed by atoms with E-state index in [-0.39, 0.29) is 12.3 Å². The number of benzene rings is 1. The number of fused-ring (bicyclic) bond motifs is 1. The molecule has 0 radical (unpaired) electrons. The van der Waals surface area contributed by atoms with E-state index in [1.54, 1.807) is 0 Å². The van der Waals surface area contributed by atoms with Crippen molar-refractivity contribution in [1.29, 1.82) is 0 Å². The Morgan fingerprint density at radius 3 is 2.65 bits per heavy atom. The van der Waals surface area contributed by atoms with Crippen molar-refractivity contribution < 1.29 is 9.90 Å². The Balaban J connectivity index is 2.27. The minimum Gasteiger partial charge on any atom is -0.481 e. The van der Waals surface area contributed by atoms with Gasteiger partial charge in [0.2, 0.25) is 0 Å². The van der Waals surface area contributed by atoms with Crippen LogP contribution < -0.4 is 0 Å². The maximum absolute atomic E-state index is 10.9. The quantitative estimate of drug-likeness (QED) is 0.864. The van der Waals surface area contributed by atoms with Crippen molar-refractivity contribution in [3.63, 3.8) is 0 Å². The third-order valence-corrected chi connectivity index (χ3v) is 3.75. The fourth-order valence-electron chi connectivity index (χ4n) is 2.75. The lowest BCUT2D eigenvalue weighted by Gasteiger charge is -2.20. The fraction of sp³-hybridized carbons (Fsp3) is 0.533. The molecule has 1 aromatic rings. The molecule has 2 heteroatoms. The highest BCUT2D eigenvalue weighted by atomic mass is 16.4. The molecule has 2 rings (SSSR count). The first-order chi connectivity index (χ1) is 8.08. The van der Waals surface area contributed by atoms with Gasteiger partial charge in [-0.2, -0.15) is 0 Å². The maximum atomic E-state index is 10.9. The van der Waals surface area contributed by atoms with Gasteiger partial charge in [-0.15, -0.1) is 0 Å². The summed E-state index contributed by atoms with van der Waals surface area (Å²) in [4.78, 5) is 10.9. The Labute approximate surface area is 103 Å². The summed E-state index contributed by atoms with van der Waals surface area (Å²) in [5, 5.41) is 8.99. The highest BCUT2D eigenvalue weighted by molar-refractivity contribution is 5.68. The summed E-state index contributed by atoms with van der Waals surface area (Å²) < 4.78 is 0. The molecule has 2 nitrogen and oxygen atoms in total. The van der Waals surface area contributed by atoms with Crippen LogP contribution in [0.5, 0.6) is 0 Å². The molecule has 0 heterocycles. The summed E-state index contributed by atoms with van der Waals surface area (Å²) in [6, 6.07) is 6.54. The molecule has 0 spiro atoms. The topological polar surface area (TPSA) is 37.3 Å². The molecule has 1 aliphatic carbocycles. The number of aliphatic carboxylic acids is 1. The summed E-state index contributed by atoms with van der Waals surface area (Å²) >= 11 is 0. The van der Waals surface area contributed by atoms with E-state index in [0.29, 0.717) is 5.92 Å². The molecule has 92 valence electrons. The first kappa shape index (κ1) is 12.2. The number of hydrogen-bond donors (Lipinski definition) is 1. The van der Waals surface area contributed by atoms with E-state index in [2.05, 4.69) is 32.0 Å². The van der Waals surface area contributed by atoms with Crippen LogP contribution in [-0.2, 0) is 17.6 Å². The largest absolute Gasteiger partial charge is 0.481 e. The molecule has 0 aromatic heterocycles. The predicted octanol–water partition coefficient (Wildman–Crippen LogP) is 3.39. The maximum Gasteiger partial charge on any atom is 0.303 e. The summed E-state index contributed by atoms with van der Waals surface area (Å²) in [5.41, 5.74) is 4.08. The third-order valence-electron chi connectivity index (χ3n) is 3.75. The van der Waals surface area contributed by atoms with Gasteiger partial charge >= 0.3 is 5.97 Å². The SMILES string of the molecule is CC(C)[C@H](CC(=O)O)c1ccc2c(c1)CCC2. The second kappa shape index (κ2) is 4.91. The molecule has 0 bridgehead atoms. The van der Waals surface area contributed by atoms with Crippen LogP contribution in [0.1, 0.15) is 49.3 Å². The smallest absolute Gasteiger partial charge is 0.303 e. The van der Waals surface area contributed by atoms with Crippen LogP contribution in [0.3, 0.4) is 0 Å². The standard InChI is InChI=1S/C15H20O2/c1-10(2)14(9-15(16)17)13-7-6-11-4-3-5-12(11)8-13/h6-8,10,14H,3-5,9H2,1-2H3,(H,16,17)/t14-/m0/s1. The normalized spacial score (nSPS) is 15.9. The van der Waals surface area contributed by atoms with Crippen LogP contribution >= 0.6 is 0 Å². The van der Waals surface area contributed by atoms with E-state index in [0.717, 1.165) is 6.42 Å². The van der Waals surface area contributed by atoms with Gasteiger partial charge in [-0.25, -0.2) is 0 Å². The van der Waals surface area contributed by atoms with Gasteiger partial charge in [0.1, 0.15) is 0 Å². The summed E-state index contributed by atoms with van der Waals surface area (Å²) in [6.07, 6.45) is 3.81. The number of carboxylic acid groups (broad SMARTS) is 1. The lowest BCUT2D eigenvalue weighted by molar-refractivity contribution is -0.137. The van der Waals surface area contributed by atoms with Gasteiger partial charge in [-0.3, -0.25) is 4.79 Å². The Kier molecular flexibility index (Phi) is 3.51. The fourth-order valence-corrected chi connectivity index (χ4v) is 2.75. The number of rotatable bonds is 4. The Bertz CT molecular complexity index is 421. The zero-order chi connectivity index (χ0) is 12.4. The average molecular weight is 232 g/mol. The van der Waals surface area contributed by atoms with Gasteiger partial charge < -0.3 is 5.11 Å². The van der Waals surface area contributed by atoms with Gasteiger partial charge in [-0.05, 0) is 47.8 Å². The van der Waals surface area contributed by atoms with Crippen LogP contribution in [0.15, 0.2) is 18.2 Å². The van der Waals surface area contributed by atoms with Crippen LogP contribution in [-0.4, -0.2) is 11.1 Å². The lowest BCUT2D eigenvalue weighted by Crippen LogP contribution is -2.12. The zero-order valence-electron chi connectivity index (χ0n) is 10.6. The molecule has 1 aliphatic rings. The molecule has 0 amide bonds. The van der Waals surface area contributed by atoms with Crippen molar-refractivity contribution >= 4 is 5.97 Å². The highest BCUT2D eigenvalue weighted by Crippen LogP contribution is 2.31. The highest BCUT2D eigenvalue weighted by Gasteiger charge is 2.21. The number of aryl methyl sites for hydroxylation is 2. The molecule has 0 aliphatic heterocycles. The molecule has 0 unspecified atom stereocenters. The van der Waals surface area contributed by atoms with Gasteiger partial charge in [0.25, 0.3) is 0 Å². The second-order valence-corrected chi connectivity index (χ2v) is 5.33. The molecule has 0 fully saturated rings. The minimum atomic E-state index is -0.704. The third kappa shape index (κ3) is 2.68. The van der Waals surface area contributed by atoms with Crippen LogP contribution in [0.25, 0.3) is 0 Å². The van der Waals surface area contributed by atoms with E-state index in [1.165, 1.54) is 29.5 Å². The molecular weight excluding hydrogens is 212 g/mol. The van der Waals surface area contributed by atoms with Crippen molar-refractivity contribution in [3.05, 3.63) is 34.9 Å². The van der Waals surface area contributed by atoms with E-state index in [4.69, 9.17) is 5.11 Å². The van der Waals surface area contributed by atoms with Crippen LogP contribution in [0.2, 0.25) is 0 Å². The number of carboxylic acids is 1. The second-order valence-electron chi connectivity index (χ2n) is 5.33. The van der Waals surface area contributed by atoms with Crippen molar-refractivity contribution in [2.75, 3.05) is 0 Å². The molecule has 1 aromatic carbocycles. The molecule has 1 N–H and O–H groups in total. The van der Waals surface area contributed by atoms with Crippen molar-refractivity contribution in [2.24, 2.45) is 5.92 Å². The van der Waals surface area contributed by atoms with E-state index < -0.39 is 5.97 Å². The number of hydrogen-bond acceptors (Lipinski definition) is 1. The minimum absolute atomic E-state index is 0.137. The van der Waals surface area contributed by atoms with E-state index >= 15 is 0 Å². The predicted molar refractivity (Wildman–Crippen MR) is 68.3 cm³/mol. The van der Waals surface area contributed by atoms with E-state index in [9.17, 15) is 4.79 Å². The monoisotopic (exact) mass is 232 g/mol. The summed E-state index contributed by atoms with van der Waals surface area (Å²) in [7, 11) is 0. The van der Waals surface area contributed by atoms with Gasteiger partial charge in [-0.1, -0.05) is 32.0 Å². The average Bonchev–Trinajstić information content (AvgIpc) is 2.72. The van der Waals surface area contributed by atoms with Crippen molar-refractivity contribution in [1.82, 2.24) is 0 Å². The molecular formula is C15H20O2. The molecule has 17 heavy (non-hydrogen) atoms. The summed E-state index contributed by atoms with van der Waals surface area (Å²) in [6.45, 7) is 4.20. The van der Waals surface area contributed by atoms with Crippen LogP contribution in [0.4, 0.5) is 0 Å². The Morgan fingerprint density at radius 1 is 1.29 bits per heavy atom. The van der Waals surface area contributed by atoms with Crippen molar-refractivity contribution in [2.45, 2.75) is 45.4 Å². The molecule has 0 saturated heterocycles.